The maximum absolute atomic E-state index is 2.71. The normalized spacial score (nSPS) is 27.2. The molecule has 0 spiro atoms. The smallest absolute Gasteiger partial charge is 0.0588 e. The lowest BCUT2D eigenvalue weighted by Crippen LogP contribution is -2.43. The minimum Gasteiger partial charge on any atom is -0.358 e. The molecular formula is C46H44N2. The molecule has 5 atom stereocenters. The monoisotopic (exact) mass is 624 g/mol. The highest BCUT2D eigenvalue weighted by Gasteiger charge is 2.42. The lowest BCUT2D eigenvalue weighted by Gasteiger charge is -2.40. The Morgan fingerprint density at radius 3 is 2.25 bits per heavy atom. The van der Waals surface area contributed by atoms with Gasteiger partial charge < -0.3 is 9.80 Å². The van der Waals surface area contributed by atoms with E-state index in [2.05, 4.69) is 162 Å². The Kier molecular flexibility index (Phi) is 7.73. The number of benzene rings is 3. The summed E-state index contributed by atoms with van der Waals surface area (Å²) >= 11 is 0. The highest BCUT2D eigenvalue weighted by Crippen LogP contribution is 2.51. The van der Waals surface area contributed by atoms with Gasteiger partial charge in [0.05, 0.1) is 18.1 Å². The van der Waals surface area contributed by atoms with Crippen molar-refractivity contribution in [3.63, 3.8) is 0 Å². The molecule has 1 aliphatic heterocycles. The summed E-state index contributed by atoms with van der Waals surface area (Å²) in [5, 5.41) is 2.69. The molecule has 0 saturated heterocycles. The van der Waals surface area contributed by atoms with E-state index in [1.54, 1.807) is 0 Å². The van der Waals surface area contributed by atoms with Crippen molar-refractivity contribution in [3.05, 3.63) is 180 Å². The lowest BCUT2D eigenvalue weighted by atomic mass is 9.83. The molecule has 2 heteroatoms. The molecule has 6 aliphatic rings. The average Bonchev–Trinajstić information content (AvgIpc) is 3.48. The molecule has 0 N–H and O–H groups in total. The summed E-state index contributed by atoms with van der Waals surface area (Å²) in [6.45, 7) is 0. The van der Waals surface area contributed by atoms with Crippen molar-refractivity contribution < 1.29 is 0 Å². The molecular weight excluding hydrogens is 581 g/mol. The van der Waals surface area contributed by atoms with Gasteiger partial charge in [-0.25, -0.2) is 0 Å². The van der Waals surface area contributed by atoms with Crippen molar-refractivity contribution in [1.29, 1.82) is 0 Å². The molecule has 0 bridgehead atoms. The van der Waals surface area contributed by atoms with Crippen molar-refractivity contribution in [3.8, 4) is 0 Å². The summed E-state index contributed by atoms with van der Waals surface area (Å²) in [5.41, 5.74) is 10.0. The number of fused-ring (bicyclic) bond motifs is 4. The second-order valence-corrected chi connectivity index (χ2v) is 14.1. The first kappa shape index (κ1) is 29.3. The Hall–Kier alpha value is -4.82. The molecule has 1 heterocycles. The molecule has 5 unspecified atom stereocenters. The van der Waals surface area contributed by atoms with Gasteiger partial charge in [0.25, 0.3) is 0 Å². The van der Waals surface area contributed by atoms with Crippen molar-refractivity contribution in [2.24, 2.45) is 5.92 Å². The van der Waals surface area contributed by atoms with Gasteiger partial charge >= 0.3 is 0 Å². The van der Waals surface area contributed by atoms with Crippen LogP contribution >= 0.6 is 0 Å². The Balaban J connectivity index is 1.00. The van der Waals surface area contributed by atoms with Crippen molar-refractivity contribution in [1.82, 2.24) is 0 Å². The fourth-order valence-corrected chi connectivity index (χ4v) is 9.03. The van der Waals surface area contributed by atoms with Crippen LogP contribution in [0.25, 0.3) is 10.8 Å². The van der Waals surface area contributed by atoms with E-state index in [1.165, 1.54) is 63.0 Å². The first-order valence-corrected chi connectivity index (χ1v) is 18.1. The van der Waals surface area contributed by atoms with Gasteiger partial charge in [0.1, 0.15) is 0 Å². The Labute approximate surface area is 285 Å². The van der Waals surface area contributed by atoms with Gasteiger partial charge in [0.2, 0.25) is 0 Å². The fourth-order valence-electron chi connectivity index (χ4n) is 9.03. The van der Waals surface area contributed by atoms with Crippen molar-refractivity contribution in [2.75, 3.05) is 9.80 Å². The molecule has 48 heavy (non-hydrogen) atoms. The quantitative estimate of drug-likeness (QED) is 0.252. The number of allylic oxidation sites excluding steroid dienone is 12. The van der Waals surface area contributed by atoms with Gasteiger partial charge in [0.15, 0.2) is 0 Å². The van der Waals surface area contributed by atoms with Gasteiger partial charge in [-0.2, -0.15) is 0 Å². The van der Waals surface area contributed by atoms with Gasteiger partial charge in [-0.3, -0.25) is 0 Å². The Morgan fingerprint density at radius 1 is 0.688 bits per heavy atom. The van der Waals surface area contributed by atoms with E-state index in [-0.39, 0.29) is 0 Å². The molecule has 0 saturated carbocycles. The van der Waals surface area contributed by atoms with Crippen LogP contribution in [0.5, 0.6) is 0 Å². The Morgan fingerprint density at radius 2 is 1.48 bits per heavy atom. The fraction of sp³-hybridized carbons (Fsp3) is 0.261. The third kappa shape index (κ3) is 5.28. The zero-order chi connectivity index (χ0) is 31.9. The number of hydrogen-bond acceptors (Lipinski definition) is 2. The second-order valence-electron chi connectivity index (χ2n) is 14.1. The largest absolute Gasteiger partial charge is 0.358 e. The van der Waals surface area contributed by atoms with Gasteiger partial charge in [-0.1, -0.05) is 121 Å². The molecule has 0 fully saturated rings. The lowest BCUT2D eigenvalue weighted by molar-refractivity contribution is 0.544. The number of rotatable bonds is 6. The topological polar surface area (TPSA) is 6.48 Å². The Bertz CT molecular complexity index is 1990. The standard InChI is InChI=1S/C46H44N2/c1-3-13-33(14-4-1)34-23-27-39(28-24-34)47(38-17-5-2-6-18-38)40-29-25-35(26-30-40)41-19-9-11-21-44(41)48-45-22-12-10-20-42(45)43-31-36-15-7-8-16-37(36)32-46(43)48/h1-3,5-9,11-13,15-18,21-27,29,31-32,39-42,45H,4,10,14,19-20,28,30H2. The van der Waals surface area contributed by atoms with E-state index >= 15 is 0 Å². The summed E-state index contributed by atoms with van der Waals surface area (Å²) in [6, 6.07) is 25.9. The molecule has 238 valence electrons. The van der Waals surface area contributed by atoms with Crippen LogP contribution < -0.4 is 9.80 Å². The van der Waals surface area contributed by atoms with E-state index in [9.17, 15) is 0 Å². The highest BCUT2D eigenvalue weighted by molar-refractivity contribution is 5.90. The number of hydrogen-bond donors (Lipinski definition) is 0. The summed E-state index contributed by atoms with van der Waals surface area (Å²) in [6.07, 6.45) is 41.3. The van der Waals surface area contributed by atoms with Crippen LogP contribution in [0.3, 0.4) is 0 Å². The van der Waals surface area contributed by atoms with Crippen molar-refractivity contribution >= 4 is 22.1 Å². The maximum atomic E-state index is 2.71. The van der Waals surface area contributed by atoms with Gasteiger partial charge in [-0.15, -0.1) is 0 Å². The molecule has 9 rings (SSSR count). The summed E-state index contributed by atoms with van der Waals surface area (Å²) in [7, 11) is 0. The number of nitrogens with zero attached hydrogens (tertiary/aromatic N) is 2. The first-order valence-electron chi connectivity index (χ1n) is 18.1. The zero-order valence-electron chi connectivity index (χ0n) is 27.7. The van der Waals surface area contributed by atoms with E-state index in [1.807, 2.05) is 0 Å². The van der Waals surface area contributed by atoms with Crippen LogP contribution in [-0.2, 0) is 0 Å². The third-order valence-electron chi connectivity index (χ3n) is 11.4. The summed E-state index contributed by atoms with van der Waals surface area (Å²) in [5.74, 6) is 0.898. The van der Waals surface area contributed by atoms with E-state index in [4.69, 9.17) is 0 Å². The second kappa shape index (κ2) is 12.7. The minimum atomic E-state index is 0.314. The van der Waals surface area contributed by atoms with Gasteiger partial charge in [0, 0.05) is 28.9 Å². The highest BCUT2D eigenvalue weighted by atomic mass is 15.2. The predicted octanol–water partition coefficient (Wildman–Crippen LogP) is 11.2. The maximum Gasteiger partial charge on any atom is 0.0588 e. The molecule has 0 radical (unpaired) electrons. The number of para-hydroxylation sites is 1. The van der Waals surface area contributed by atoms with Crippen molar-refractivity contribution in [2.45, 2.75) is 69.0 Å². The molecule has 0 aromatic heterocycles. The van der Waals surface area contributed by atoms with Gasteiger partial charge in [-0.05, 0) is 108 Å². The van der Waals surface area contributed by atoms with Crippen LogP contribution in [0.4, 0.5) is 11.4 Å². The molecule has 2 nitrogen and oxygen atoms in total. The molecule has 0 amide bonds. The molecule has 3 aromatic carbocycles. The predicted molar refractivity (Wildman–Crippen MR) is 203 cm³/mol. The summed E-state index contributed by atoms with van der Waals surface area (Å²) < 4.78 is 0. The molecule has 3 aromatic rings. The SMILES string of the molecule is C1=CCCC(C2=CCC(N(c3ccccc3)C3C=CC(C4CC=CC=C4N4c5cc6ccccc6cc5C5CCC=CC54)=CC3)C=C2)=C1. The van der Waals surface area contributed by atoms with E-state index in [0.717, 1.165) is 32.1 Å². The van der Waals surface area contributed by atoms with Crippen LogP contribution in [-0.4, -0.2) is 18.1 Å². The first-order chi connectivity index (χ1) is 23.8. The van der Waals surface area contributed by atoms with E-state index in [0.29, 0.717) is 30.0 Å². The average molecular weight is 625 g/mol. The van der Waals surface area contributed by atoms with Crippen LogP contribution in [0.2, 0.25) is 0 Å². The summed E-state index contributed by atoms with van der Waals surface area (Å²) in [4.78, 5) is 5.36. The van der Waals surface area contributed by atoms with E-state index < -0.39 is 0 Å². The minimum absolute atomic E-state index is 0.314. The third-order valence-corrected chi connectivity index (χ3v) is 11.4. The van der Waals surface area contributed by atoms with Crippen LogP contribution in [0, 0.1) is 5.92 Å². The molecule has 5 aliphatic carbocycles. The van der Waals surface area contributed by atoms with Crippen LogP contribution in [0.15, 0.2) is 174 Å². The zero-order valence-corrected chi connectivity index (χ0v) is 27.7. The van der Waals surface area contributed by atoms with Crippen LogP contribution in [0.1, 0.15) is 56.4 Å². The number of anilines is 2.